The van der Waals surface area contributed by atoms with E-state index < -0.39 is 36.4 Å². The lowest BCUT2D eigenvalue weighted by Crippen LogP contribution is -2.25. The lowest BCUT2D eigenvalue weighted by Gasteiger charge is -2.18. The summed E-state index contributed by atoms with van der Waals surface area (Å²) in [6, 6.07) is 3.73. The molecule has 254 valence electrons. The largest absolute Gasteiger partial charge is 0.490 e. The van der Waals surface area contributed by atoms with E-state index >= 15 is 0 Å². The first kappa shape index (κ1) is 39.0. The minimum Gasteiger partial charge on any atom is -0.475 e. The van der Waals surface area contributed by atoms with Crippen LogP contribution in [0.4, 0.5) is 39.5 Å². The van der Waals surface area contributed by atoms with E-state index in [0.29, 0.717) is 11.6 Å². The van der Waals surface area contributed by atoms with Crippen LogP contribution in [0.5, 0.6) is 11.6 Å². The second-order valence-electron chi connectivity index (χ2n) is 8.60. The van der Waals surface area contributed by atoms with E-state index in [1.807, 2.05) is 30.1 Å². The molecule has 0 unspecified atom stereocenters. The van der Waals surface area contributed by atoms with Gasteiger partial charge in [-0.2, -0.15) is 44.6 Å². The fraction of sp³-hybridized carbons (Fsp3) is 0.375. The maximum absolute atomic E-state index is 10.6. The maximum atomic E-state index is 10.6. The van der Waals surface area contributed by atoms with Crippen molar-refractivity contribution in [2.75, 3.05) is 13.1 Å². The molecule has 46 heavy (non-hydrogen) atoms. The SMILES string of the molecule is Cn1cc(CN2CCc3ncnc(Oc4cccnc4)c3CC2)cn1.O=C(O)C(F)(F)F.O=C(O)C(F)(F)F.O=C(O)C(F)(F)F. The Labute approximate surface area is 251 Å². The highest BCUT2D eigenvalue weighted by molar-refractivity contribution is 5.73. The maximum Gasteiger partial charge on any atom is 0.490 e. The third kappa shape index (κ3) is 14.6. The molecule has 0 atom stereocenters. The Kier molecular flexibility index (Phi) is 14.3. The molecule has 4 heterocycles. The van der Waals surface area contributed by atoms with Crippen molar-refractivity contribution in [1.82, 2.24) is 29.6 Å². The molecule has 0 spiro atoms. The number of hydrogen-bond donors (Lipinski definition) is 3. The molecule has 1 aliphatic rings. The number of aromatic nitrogens is 5. The number of carbonyl (C=O) groups is 3. The number of hydrogen-bond acceptors (Lipinski definition) is 9. The molecular formula is C24H23F9N6O7. The number of halogens is 9. The highest BCUT2D eigenvalue weighted by Gasteiger charge is 2.39. The third-order valence-electron chi connectivity index (χ3n) is 5.08. The number of alkyl halides is 9. The van der Waals surface area contributed by atoms with E-state index in [1.165, 1.54) is 5.56 Å². The van der Waals surface area contributed by atoms with E-state index in [1.54, 1.807) is 18.7 Å². The summed E-state index contributed by atoms with van der Waals surface area (Å²) in [5.41, 5.74) is 3.40. The summed E-state index contributed by atoms with van der Waals surface area (Å²) in [5, 5.41) is 25.6. The van der Waals surface area contributed by atoms with Gasteiger partial charge in [0.05, 0.1) is 18.1 Å². The van der Waals surface area contributed by atoms with Gasteiger partial charge in [-0.3, -0.25) is 14.6 Å². The van der Waals surface area contributed by atoms with E-state index in [4.69, 9.17) is 34.4 Å². The van der Waals surface area contributed by atoms with Crippen LogP contribution in [0.25, 0.3) is 0 Å². The molecule has 13 nitrogen and oxygen atoms in total. The van der Waals surface area contributed by atoms with Gasteiger partial charge in [-0.15, -0.1) is 0 Å². The number of aryl methyl sites for hydroxylation is 1. The van der Waals surface area contributed by atoms with Crippen molar-refractivity contribution < 1.29 is 74.0 Å². The van der Waals surface area contributed by atoms with E-state index in [0.717, 1.165) is 43.7 Å². The zero-order chi connectivity index (χ0) is 35.3. The molecule has 0 fully saturated rings. The van der Waals surface area contributed by atoms with Crippen molar-refractivity contribution in [1.29, 1.82) is 0 Å². The second kappa shape index (κ2) is 16.9. The quantitative estimate of drug-likeness (QED) is 0.339. The third-order valence-corrected chi connectivity index (χ3v) is 5.08. The lowest BCUT2D eigenvalue weighted by molar-refractivity contribution is -0.193. The smallest absolute Gasteiger partial charge is 0.475 e. The lowest BCUT2D eigenvalue weighted by atomic mass is 10.1. The molecule has 3 N–H and O–H groups in total. The molecule has 0 bridgehead atoms. The van der Waals surface area contributed by atoms with Gasteiger partial charge >= 0.3 is 36.4 Å². The van der Waals surface area contributed by atoms with Gasteiger partial charge in [0, 0.05) is 56.6 Å². The molecule has 1 aliphatic heterocycles. The molecule has 3 aromatic heterocycles. The Morgan fingerprint density at radius 3 is 1.80 bits per heavy atom. The fourth-order valence-electron chi connectivity index (χ4n) is 3.12. The first-order chi connectivity index (χ1) is 21.1. The predicted octanol–water partition coefficient (Wildman–Crippen LogP) is 3.90. The van der Waals surface area contributed by atoms with Crippen molar-refractivity contribution in [2.45, 2.75) is 37.9 Å². The van der Waals surface area contributed by atoms with Gasteiger partial charge in [-0.1, -0.05) is 0 Å². The molecule has 0 aliphatic carbocycles. The van der Waals surface area contributed by atoms with Crippen molar-refractivity contribution in [3.8, 4) is 11.6 Å². The number of carboxylic acids is 3. The normalized spacial score (nSPS) is 13.2. The number of rotatable bonds is 4. The standard InChI is InChI=1S/C18H20N6O.3C2HF3O2/c1-23-11-14(9-22-23)12-24-7-4-16-17(5-8-24)20-13-21-18(16)25-15-3-2-6-19-10-15;3*3-2(4,5)1(6)7/h2-3,6,9-11,13H,4-5,7-8,12H2,1H3;3*(H,6,7). The molecule has 0 saturated carbocycles. The molecule has 0 saturated heterocycles. The second-order valence-corrected chi connectivity index (χ2v) is 8.60. The van der Waals surface area contributed by atoms with Crippen LogP contribution in [0.1, 0.15) is 16.8 Å². The Balaban J connectivity index is 0.000000413. The number of carboxylic acid groups (broad SMARTS) is 3. The number of ether oxygens (including phenoxy) is 1. The van der Waals surface area contributed by atoms with Crippen LogP contribution in [0, 0.1) is 0 Å². The van der Waals surface area contributed by atoms with Crippen molar-refractivity contribution >= 4 is 17.9 Å². The first-order valence-electron chi connectivity index (χ1n) is 12.1. The van der Waals surface area contributed by atoms with E-state index in [2.05, 4.69) is 31.1 Å². The Morgan fingerprint density at radius 2 is 1.37 bits per heavy atom. The summed E-state index contributed by atoms with van der Waals surface area (Å²) in [5.74, 6) is -6.94. The van der Waals surface area contributed by atoms with Gasteiger partial charge in [0.25, 0.3) is 0 Å². The summed E-state index contributed by atoms with van der Waals surface area (Å²) in [7, 11) is 1.94. The monoisotopic (exact) mass is 678 g/mol. The van der Waals surface area contributed by atoms with Crippen molar-refractivity contribution in [3.05, 3.63) is 60.1 Å². The minimum absolute atomic E-state index is 0.640. The number of fused-ring (bicyclic) bond motifs is 1. The van der Waals surface area contributed by atoms with Gasteiger partial charge in [0.1, 0.15) is 12.1 Å². The minimum atomic E-state index is -5.08. The van der Waals surface area contributed by atoms with Crippen LogP contribution < -0.4 is 4.74 Å². The average molecular weight is 678 g/mol. The van der Waals surface area contributed by atoms with Gasteiger partial charge in [-0.05, 0) is 18.6 Å². The molecule has 0 radical (unpaired) electrons. The van der Waals surface area contributed by atoms with Crippen LogP contribution in [0.15, 0.2) is 43.2 Å². The molecule has 3 aromatic rings. The molecular weight excluding hydrogens is 655 g/mol. The van der Waals surface area contributed by atoms with Crippen molar-refractivity contribution in [3.63, 3.8) is 0 Å². The van der Waals surface area contributed by atoms with E-state index in [9.17, 15) is 39.5 Å². The number of pyridine rings is 1. The number of aliphatic carboxylic acids is 3. The van der Waals surface area contributed by atoms with E-state index in [-0.39, 0.29) is 0 Å². The topological polar surface area (TPSA) is 181 Å². The summed E-state index contributed by atoms with van der Waals surface area (Å²) < 4.78 is 103. The van der Waals surface area contributed by atoms with Crippen LogP contribution in [0.3, 0.4) is 0 Å². The molecule has 0 aromatic carbocycles. The fourth-order valence-corrected chi connectivity index (χ4v) is 3.12. The van der Waals surface area contributed by atoms with Gasteiger partial charge in [-0.25, -0.2) is 24.4 Å². The zero-order valence-corrected chi connectivity index (χ0v) is 23.1. The van der Waals surface area contributed by atoms with Crippen LogP contribution in [0.2, 0.25) is 0 Å². The van der Waals surface area contributed by atoms with Crippen molar-refractivity contribution in [2.24, 2.45) is 7.05 Å². The zero-order valence-electron chi connectivity index (χ0n) is 23.1. The van der Waals surface area contributed by atoms with Crippen LogP contribution >= 0.6 is 0 Å². The molecule has 0 amide bonds. The summed E-state index contributed by atoms with van der Waals surface area (Å²) in [6.45, 7) is 2.80. The highest BCUT2D eigenvalue weighted by atomic mass is 19.4. The molecule has 4 rings (SSSR count). The van der Waals surface area contributed by atoms with Crippen LogP contribution in [-0.4, -0.2) is 94.5 Å². The molecule has 22 heteroatoms. The van der Waals surface area contributed by atoms with Gasteiger partial charge in [0.2, 0.25) is 5.88 Å². The summed E-state index contributed by atoms with van der Waals surface area (Å²) in [4.78, 5) is 42.0. The Hall–Kier alpha value is -5.02. The summed E-state index contributed by atoms with van der Waals surface area (Å²) in [6.07, 6.45) is -4.50. The van der Waals surface area contributed by atoms with Gasteiger partial charge in [0.15, 0.2) is 0 Å². The number of nitrogens with zero attached hydrogens (tertiary/aromatic N) is 6. The highest BCUT2D eigenvalue weighted by Crippen LogP contribution is 2.27. The van der Waals surface area contributed by atoms with Crippen LogP contribution in [-0.2, 0) is 40.8 Å². The summed E-state index contributed by atoms with van der Waals surface area (Å²) >= 11 is 0. The Morgan fingerprint density at radius 1 is 0.848 bits per heavy atom. The average Bonchev–Trinajstić information content (AvgIpc) is 3.23. The predicted molar refractivity (Wildman–Crippen MR) is 133 cm³/mol. The van der Waals surface area contributed by atoms with Gasteiger partial charge < -0.3 is 20.1 Å². The Bertz CT molecular complexity index is 1380. The first-order valence-corrected chi connectivity index (χ1v) is 12.1.